The van der Waals surface area contributed by atoms with Crippen molar-refractivity contribution in [1.82, 2.24) is 20.1 Å². The summed E-state index contributed by atoms with van der Waals surface area (Å²) in [4.78, 5) is 18.5. The molecule has 1 saturated carbocycles. The smallest absolute Gasteiger partial charge is 0.314 e. The summed E-state index contributed by atoms with van der Waals surface area (Å²) in [7, 11) is 0. The Hall–Kier alpha value is -3.41. The number of aliphatic hydroxyl groups is 1. The first-order valence-corrected chi connectivity index (χ1v) is 11.4. The number of pyridine rings is 1. The van der Waals surface area contributed by atoms with Gasteiger partial charge in [0.1, 0.15) is 6.10 Å². The molecule has 2 atom stereocenters. The largest absolute Gasteiger partial charge is 0.415 e. The molecule has 0 spiro atoms. The number of benzene rings is 1. The van der Waals surface area contributed by atoms with Crippen LogP contribution < -0.4 is 0 Å². The van der Waals surface area contributed by atoms with Crippen LogP contribution in [0.15, 0.2) is 40.9 Å². The van der Waals surface area contributed by atoms with Gasteiger partial charge in [0, 0.05) is 42.3 Å². The predicted octanol–water partition coefficient (Wildman–Crippen LogP) is 5.09. The van der Waals surface area contributed by atoms with E-state index in [-0.39, 0.29) is 54.8 Å². The van der Waals surface area contributed by atoms with Gasteiger partial charge in [-0.05, 0) is 42.5 Å². The normalized spacial score (nSPS) is 19.5. The average molecular weight is 508 g/mol. The summed E-state index contributed by atoms with van der Waals surface area (Å²) in [6.07, 6.45) is -3.63. The zero-order valence-corrected chi connectivity index (χ0v) is 18.8. The van der Waals surface area contributed by atoms with E-state index in [0.717, 1.165) is 12.3 Å². The number of alkyl halides is 4. The number of carbonyl (C=O) groups is 1. The molecule has 0 radical (unpaired) electrons. The molecular formula is C24H21F5N4O3. The van der Waals surface area contributed by atoms with Gasteiger partial charge in [0.15, 0.2) is 0 Å². The van der Waals surface area contributed by atoms with Crippen LogP contribution in [0.3, 0.4) is 0 Å². The zero-order chi connectivity index (χ0) is 25.6. The number of amides is 1. The van der Waals surface area contributed by atoms with Gasteiger partial charge in [-0.3, -0.25) is 4.79 Å². The zero-order valence-electron chi connectivity index (χ0n) is 18.8. The van der Waals surface area contributed by atoms with Crippen molar-refractivity contribution in [3.8, 4) is 11.5 Å². The molecule has 7 nitrogen and oxygen atoms in total. The van der Waals surface area contributed by atoms with E-state index in [1.54, 1.807) is 12.1 Å². The molecule has 3 heterocycles. The third kappa shape index (κ3) is 4.57. The highest BCUT2D eigenvalue weighted by molar-refractivity contribution is 5.99. The van der Waals surface area contributed by atoms with Crippen LogP contribution in [0.2, 0.25) is 0 Å². The summed E-state index contributed by atoms with van der Waals surface area (Å²) in [5.74, 6) is -5.47. The van der Waals surface area contributed by atoms with Crippen molar-refractivity contribution in [3.63, 3.8) is 0 Å². The summed E-state index contributed by atoms with van der Waals surface area (Å²) in [5.41, 5.74) is 1.38. The van der Waals surface area contributed by atoms with Crippen molar-refractivity contribution in [2.24, 2.45) is 5.92 Å². The van der Waals surface area contributed by atoms with Crippen molar-refractivity contribution < 1.29 is 36.3 Å². The molecule has 0 saturated heterocycles. The SMILES string of the molecule is O=C1c2cc(-c3nnc(C(F)F)o3)ccc2CN1C(C1CCC(F)(F)CC1)C(O)c1ccc(F)nc1. The number of carbonyl (C=O) groups excluding carboxylic acids is 1. The van der Waals surface area contributed by atoms with E-state index in [1.807, 2.05) is 0 Å². The van der Waals surface area contributed by atoms with Crippen molar-refractivity contribution in [3.05, 3.63) is 65.1 Å². The predicted molar refractivity (Wildman–Crippen MR) is 114 cm³/mol. The number of fused-ring (bicyclic) bond motifs is 1. The van der Waals surface area contributed by atoms with Crippen LogP contribution in [-0.2, 0) is 6.54 Å². The van der Waals surface area contributed by atoms with Crippen LogP contribution in [0.5, 0.6) is 0 Å². The minimum Gasteiger partial charge on any atom is -0.415 e. The number of hydrogen-bond donors (Lipinski definition) is 1. The van der Waals surface area contributed by atoms with E-state index in [4.69, 9.17) is 4.42 Å². The van der Waals surface area contributed by atoms with Crippen molar-refractivity contribution >= 4 is 5.91 Å². The molecular weight excluding hydrogens is 487 g/mol. The molecule has 1 fully saturated rings. The molecule has 2 aromatic heterocycles. The summed E-state index contributed by atoms with van der Waals surface area (Å²) in [6, 6.07) is 6.17. The number of halogens is 5. The van der Waals surface area contributed by atoms with Gasteiger partial charge in [-0.2, -0.15) is 13.2 Å². The monoisotopic (exact) mass is 508 g/mol. The quantitative estimate of drug-likeness (QED) is 0.368. The van der Waals surface area contributed by atoms with Gasteiger partial charge in [-0.15, -0.1) is 10.2 Å². The average Bonchev–Trinajstić information content (AvgIpc) is 3.46. The van der Waals surface area contributed by atoms with Crippen molar-refractivity contribution in [2.75, 3.05) is 0 Å². The Morgan fingerprint density at radius 3 is 2.50 bits per heavy atom. The Balaban J connectivity index is 1.46. The van der Waals surface area contributed by atoms with Crippen molar-refractivity contribution in [2.45, 2.75) is 56.7 Å². The van der Waals surface area contributed by atoms with Gasteiger partial charge in [0.2, 0.25) is 17.8 Å². The highest BCUT2D eigenvalue weighted by Crippen LogP contribution is 2.43. The molecule has 2 unspecified atom stereocenters. The van der Waals surface area contributed by atoms with Gasteiger partial charge in [-0.1, -0.05) is 12.1 Å². The fourth-order valence-corrected chi connectivity index (χ4v) is 4.98. The van der Waals surface area contributed by atoms with Gasteiger partial charge in [0.05, 0.1) is 6.04 Å². The van der Waals surface area contributed by atoms with Crippen LogP contribution in [0.25, 0.3) is 11.5 Å². The number of rotatable bonds is 6. The van der Waals surface area contributed by atoms with Crippen LogP contribution in [0.4, 0.5) is 22.0 Å². The minimum atomic E-state index is -2.94. The maximum absolute atomic E-state index is 13.9. The van der Waals surface area contributed by atoms with E-state index in [2.05, 4.69) is 15.2 Å². The third-order valence-electron chi connectivity index (χ3n) is 6.84. The van der Waals surface area contributed by atoms with E-state index in [9.17, 15) is 31.9 Å². The van der Waals surface area contributed by atoms with Gasteiger partial charge < -0.3 is 14.4 Å². The van der Waals surface area contributed by atoms with Gasteiger partial charge in [0.25, 0.3) is 11.8 Å². The summed E-state index contributed by atoms with van der Waals surface area (Å²) in [6.45, 7) is 0.101. The molecule has 36 heavy (non-hydrogen) atoms. The molecule has 2 aliphatic rings. The first kappa shape index (κ1) is 24.3. The minimum absolute atomic E-state index is 0.0904. The molecule has 3 aromatic rings. The number of aromatic nitrogens is 3. The summed E-state index contributed by atoms with van der Waals surface area (Å²) >= 11 is 0. The second-order valence-corrected chi connectivity index (χ2v) is 9.09. The molecule has 1 aliphatic heterocycles. The second-order valence-electron chi connectivity index (χ2n) is 9.09. The Kier molecular flexibility index (Phi) is 6.23. The fourth-order valence-electron chi connectivity index (χ4n) is 4.98. The van der Waals surface area contributed by atoms with Crippen LogP contribution in [0, 0.1) is 11.9 Å². The lowest BCUT2D eigenvalue weighted by Crippen LogP contribution is -2.47. The molecule has 1 amide bonds. The Bertz CT molecular complexity index is 1260. The van der Waals surface area contributed by atoms with E-state index >= 15 is 0 Å². The van der Waals surface area contributed by atoms with Crippen LogP contribution >= 0.6 is 0 Å². The first-order valence-electron chi connectivity index (χ1n) is 11.4. The Morgan fingerprint density at radius 2 is 1.86 bits per heavy atom. The molecule has 12 heteroatoms. The lowest BCUT2D eigenvalue weighted by Gasteiger charge is -2.41. The first-order chi connectivity index (χ1) is 17.1. The lowest BCUT2D eigenvalue weighted by atomic mass is 9.78. The number of aliphatic hydroxyl groups excluding tert-OH is 1. The second kappa shape index (κ2) is 9.23. The Labute approximate surface area is 202 Å². The topological polar surface area (TPSA) is 92.4 Å². The summed E-state index contributed by atoms with van der Waals surface area (Å²) in [5, 5.41) is 18.1. The highest BCUT2D eigenvalue weighted by Gasteiger charge is 2.45. The molecule has 190 valence electrons. The maximum Gasteiger partial charge on any atom is 0.314 e. The Morgan fingerprint density at radius 1 is 1.11 bits per heavy atom. The molecule has 1 aliphatic carbocycles. The van der Waals surface area contributed by atoms with Crippen LogP contribution in [-0.4, -0.2) is 43.1 Å². The van der Waals surface area contributed by atoms with Gasteiger partial charge in [-0.25, -0.2) is 13.8 Å². The van der Waals surface area contributed by atoms with E-state index < -0.39 is 48.2 Å². The van der Waals surface area contributed by atoms with E-state index in [0.29, 0.717) is 5.56 Å². The summed E-state index contributed by atoms with van der Waals surface area (Å²) < 4.78 is 71.7. The van der Waals surface area contributed by atoms with Gasteiger partial charge >= 0.3 is 6.43 Å². The van der Waals surface area contributed by atoms with E-state index in [1.165, 1.54) is 17.0 Å². The number of nitrogens with zero attached hydrogens (tertiary/aromatic N) is 4. The molecule has 0 bridgehead atoms. The standard InChI is InChI=1S/C24H21F5N4O3/c25-17-4-3-14(10-30-17)19(34)18(12-5-7-24(28,29)8-6-12)33-11-15-2-1-13(9-16(15)23(33)35)21-31-32-22(36-21)20(26)27/h1-4,9-10,12,18-20,34H,5-8,11H2. The maximum atomic E-state index is 13.9. The molecule has 1 N–H and O–H groups in total. The number of hydrogen-bond acceptors (Lipinski definition) is 6. The molecule has 5 rings (SSSR count). The van der Waals surface area contributed by atoms with Crippen molar-refractivity contribution in [1.29, 1.82) is 0 Å². The fraction of sp³-hybridized carbons (Fsp3) is 0.417. The lowest BCUT2D eigenvalue weighted by molar-refractivity contribution is -0.0676. The van der Waals surface area contributed by atoms with Crippen LogP contribution in [0.1, 0.15) is 65.6 Å². The highest BCUT2D eigenvalue weighted by atomic mass is 19.3. The third-order valence-corrected chi connectivity index (χ3v) is 6.84. The molecule has 1 aromatic carbocycles.